The average Bonchev–Trinajstić information content (AvgIpc) is 3.55. The van der Waals surface area contributed by atoms with Crippen molar-refractivity contribution in [2.75, 3.05) is 23.8 Å². The Morgan fingerprint density at radius 2 is 1.81 bits per heavy atom. The Balaban J connectivity index is 1.45. The van der Waals surface area contributed by atoms with Gasteiger partial charge < -0.3 is 19.2 Å². The number of hydrogen-bond acceptors (Lipinski definition) is 7. The molecule has 0 bridgehead atoms. The molecule has 0 radical (unpaired) electrons. The summed E-state index contributed by atoms with van der Waals surface area (Å²) in [5, 5.41) is 3.57. The normalized spacial score (nSPS) is 14.5. The Hall–Kier alpha value is -4.61. The summed E-state index contributed by atoms with van der Waals surface area (Å²) >= 11 is 0. The van der Waals surface area contributed by atoms with Crippen molar-refractivity contribution in [3.8, 4) is 11.5 Å². The van der Waals surface area contributed by atoms with Crippen molar-refractivity contribution in [3.05, 3.63) is 88.1 Å². The molecule has 9 nitrogen and oxygen atoms in total. The van der Waals surface area contributed by atoms with Gasteiger partial charge in [0.1, 0.15) is 17.5 Å². The topological polar surface area (TPSA) is 105 Å². The predicted molar refractivity (Wildman–Crippen MR) is 158 cm³/mol. The average molecular weight is 592 g/mol. The Kier molecular flexibility index (Phi) is 7.68. The Morgan fingerprint density at radius 3 is 2.44 bits per heavy atom. The molecule has 1 saturated carbocycles. The van der Waals surface area contributed by atoms with Gasteiger partial charge in [0.25, 0.3) is 0 Å². The number of benzene rings is 2. The number of nitrogens with one attached hydrogen (secondary N) is 2. The van der Waals surface area contributed by atoms with Gasteiger partial charge in [-0.1, -0.05) is 48.9 Å². The number of rotatable bonds is 10. The molecule has 2 aromatic carbocycles. The highest BCUT2D eigenvalue weighted by Crippen LogP contribution is 2.35. The predicted octanol–water partition coefficient (Wildman–Crippen LogP) is 6.12. The summed E-state index contributed by atoms with van der Waals surface area (Å²) in [5.41, 5.74) is 2.48. The first kappa shape index (κ1) is 28.5. The minimum Gasteiger partial charge on any atom is -0.416 e. The Bertz CT molecular complexity index is 1760. The highest BCUT2D eigenvalue weighted by atomic mass is 19.4. The van der Waals surface area contributed by atoms with Crippen molar-refractivity contribution in [3.63, 3.8) is 0 Å². The van der Waals surface area contributed by atoms with Gasteiger partial charge in [0.2, 0.25) is 5.95 Å². The van der Waals surface area contributed by atoms with Gasteiger partial charge in [-0.05, 0) is 55.4 Å². The third-order valence-electron chi connectivity index (χ3n) is 8.11. The first-order valence-corrected chi connectivity index (χ1v) is 14.3. The molecule has 1 atom stereocenters. The van der Waals surface area contributed by atoms with E-state index in [2.05, 4.69) is 34.3 Å². The smallest absolute Gasteiger partial charge is 0.416 e. The van der Waals surface area contributed by atoms with Gasteiger partial charge >= 0.3 is 11.9 Å². The van der Waals surface area contributed by atoms with Gasteiger partial charge in [-0.2, -0.15) is 18.2 Å². The molecule has 0 amide bonds. The summed E-state index contributed by atoms with van der Waals surface area (Å²) in [7, 11) is 1.93. The zero-order valence-electron chi connectivity index (χ0n) is 23.9. The van der Waals surface area contributed by atoms with Crippen molar-refractivity contribution in [1.29, 1.82) is 0 Å². The summed E-state index contributed by atoms with van der Waals surface area (Å²) < 4.78 is 46.7. The zero-order valence-corrected chi connectivity index (χ0v) is 23.9. The molecule has 2 N–H and O–H groups in total. The number of oxazole rings is 1. The van der Waals surface area contributed by atoms with Gasteiger partial charge in [-0.15, -0.1) is 0 Å². The van der Waals surface area contributed by atoms with Crippen molar-refractivity contribution in [1.82, 2.24) is 24.5 Å². The highest BCUT2D eigenvalue weighted by molar-refractivity contribution is 5.87. The fraction of sp³-hybridized carbons (Fsp3) is 0.355. The second-order valence-corrected chi connectivity index (χ2v) is 11.1. The molecule has 0 saturated heterocycles. The molecule has 224 valence electrons. The molecule has 12 heteroatoms. The van der Waals surface area contributed by atoms with Crippen molar-refractivity contribution >= 4 is 22.9 Å². The van der Waals surface area contributed by atoms with E-state index in [-0.39, 0.29) is 18.4 Å². The van der Waals surface area contributed by atoms with E-state index >= 15 is 0 Å². The SMILES string of the molecule is C[C@@H](Nc1nc(-c2coc(=O)[nH]2)nc2nc(N(C)CCc3ccccc3)n(Cc3ccc(C(F)(F)F)cc3)c12)C1CCC1. The highest BCUT2D eigenvalue weighted by Gasteiger charge is 2.30. The number of anilines is 2. The molecule has 3 heterocycles. The molecule has 1 aliphatic rings. The standard InChI is InChI=1S/C31H32F3N7O2/c1-19(22-9-6-10-22)35-27-25-28(38-26(37-27)24-18-43-30(42)36-24)39-29(40(2)16-15-20-7-4-3-5-8-20)41(25)17-21-11-13-23(14-12-21)31(32,33)34/h3-5,7-8,11-14,18-19,22H,6,9-10,15-17H2,1-2H3,(H,36,42)(H,35,37,38)/t19-/m1/s1. The summed E-state index contributed by atoms with van der Waals surface area (Å²) in [6, 6.07) is 15.3. The lowest BCUT2D eigenvalue weighted by Crippen LogP contribution is -2.31. The van der Waals surface area contributed by atoms with Crippen LogP contribution in [0.4, 0.5) is 24.9 Å². The van der Waals surface area contributed by atoms with Crippen LogP contribution in [0.15, 0.2) is 70.1 Å². The fourth-order valence-electron chi connectivity index (χ4n) is 5.37. The lowest BCUT2D eigenvalue weighted by Gasteiger charge is -2.32. The van der Waals surface area contributed by atoms with E-state index in [1.165, 1.54) is 30.4 Å². The zero-order chi connectivity index (χ0) is 30.1. The molecule has 0 unspecified atom stereocenters. The van der Waals surface area contributed by atoms with Crippen LogP contribution < -0.4 is 16.0 Å². The largest absolute Gasteiger partial charge is 0.416 e. The maximum atomic E-state index is 13.3. The van der Waals surface area contributed by atoms with E-state index in [4.69, 9.17) is 14.4 Å². The molecule has 0 spiro atoms. The second kappa shape index (κ2) is 11.6. The number of nitrogens with zero attached hydrogens (tertiary/aromatic N) is 5. The lowest BCUT2D eigenvalue weighted by molar-refractivity contribution is -0.137. The summed E-state index contributed by atoms with van der Waals surface area (Å²) in [6.45, 7) is 2.99. The van der Waals surface area contributed by atoms with Gasteiger partial charge in [-0.25, -0.2) is 14.8 Å². The molecule has 0 aliphatic heterocycles. The van der Waals surface area contributed by atoms with Crippen LogP contribution in [0.3, 0.4) is 0 Å². The van der Waals surface area contributed by atoms with Crippen LogP contribution in [-0.2, 0) is 19.1 Å². The van der Waals surface area contributed by atoms with Crippen LogP contribution in [0.2, 0.25) is 0 Å². The third kappa shape index (κ3) is 6.13. The molecule has 43 heavy (non-hydrogen) atoms. The molecule has 6 rings (SSSR count). The van der Waals surface area contributed by atoms with Gasteiger partial charge in [0.15, 0.2) is 17.3 Å². The molecule has 1 aliphatic carbocycles. The number of likely N-dealkylation sites (N-methyl/N-ethyl adjacent to an activating group) is 1. The van der Waals surface area contributed by atoms with Crippen LogP contribution in [0.1, 0.15) is 42.9 Å². The van der Waals surface area contributed by atoms with Gasteiger partial charge in [0.05, 0.1) is 12.1 Å². The summed E-state index contributed by atoms with van der Waals surface area (Å²) in [4.78, 5) is 30.8. The molecule has 3 aromatic heterocycles. The number of hydrogen-bond donors (Lipinski definition) is 2. The van der Waals surface area contributed by atoms with Crippen LogP contribution in [0.25, 0.3) is 22.7 Å². The molecule has 5 aromatic rings. The van der Waals surface area contributed by atoms with E-state index in [0.717, 1.165) is 31.4 Å². The van der Waals surface area contributed by atoms with Crippen LogP contribution >= 0.6 is 0 Å². The number of fused-ring (bicyclic) bond motifs is 1. The Labute approximate surface area is 245 Å². The summed E-state index contributed by atoms with van der Waals surface area (Å²) in [5.74, 6) is 1.24. The number of halogens is 3. The van der Waals surface area contributed by atoms with E-state index in [1.54, 1.807) is 0 Å². The fourth-order valence-corrected chi connectivity index (χ4v) is 5.37. The van der Waals surface area contributed by atoms with E-state index < -0.39 is 17.5 Å². The van der Waals surface area contributed by atoms with E-state index in [0.29, 0.717) is 46.7 Å². The number of aromatic nitrogens is 5. The quantitative estimate of drug-likeness (QED) is 0.202. The maximum absolute atomic E-state index is 13.3. The number of imidazole rings is 1. The third-order valence-corrected chi connectivity index (χ3v) is 8.11. The van der Waals surface area contributed by atoms with Crippen LogP contribution in [0.5, 0.6) is 0 Å². The minimum atomic E-state index is -4.42. The second-order valence-electron chi connectivity index (χ2n) is 11.1. The molecular formula is C31H32F3N7O2. The molecular weight excluding hydrogens is 559 g/mol. The summed E-state index contributed by atoms with van der Waals surface area (Å²) in [6.07, 6.45) is 1.02. The first-order valence-electron chi connectivity index (χ1n) is 14.3. The van der Waals surface area contributed by atoms with Crippen molar-refractivity contribution in [2.45, 2.75) is 51.4 Å². The van der Waals surface area contributed by atoms with Crippen LogP contribution in [0, 0.1) is 5.92 Å². The lowest BCUT2D eigenvalue weighted by atomic mass is 9.80. The maximum Gasteiger partial charge on any atom is 0.416 e. The monoisotopic (exact) mass is 591 g/mol. The van der Waals surface area contributed by atoms with E-state index in [1.807, 2.05) is 34.7 Å². The molecule has 1 fully saturated rings. The van der Waals surface area contributed by atoms with Crippen molar-refractivity contribution in [2.24, 2.45) is 5.92 Å². The number of alkyl halides is 3. The van der Waals surface area contributed by atoms with E-state index in [9.17, 15) is 18.0 Å². The van der Waals surface area contributed by atoms with Crippen LogP contribution in [-0.4, -0.2) is 44.1 Å². The minimum absolute atomic E-state index is 0.108. The number of H-pyrrole nitrogens is 1. The number of aromatic amines is 1. The van der Waals surface area contributed by atoms with Crippen molar-refractivity contribution < 1.29 is 17.6 Å². The van der Waals surface area contributed by atoms with Gasteiger partial charge in [-0.3, -0.25) is 4.98 Å². The Morgan fingerprint density at radius 1 is 1.07 bits per heavy atom. The first-order chi connectivity index (χ1) is 20.7. The van der Waals surface area contributed by atoms with Gasteiger partial charge in [0, 0.05) is 19.6 Å².